The number of nitrogens with two attached hydrogens (primary N) is 1. The van der Waals surface area contributed by atoms with E-state index in [4.69, 9.17) is 10.7 Å². The predicted molar refractivity (Wildman–Crippen MR) is 136 cm³/mol. The maximum Gasteiger partial charge on any atom is 0.181 e. The van der Waals surface area contributed by atoms with Gasteiger partial charge in [-0.15, -0.1) is 0 Å². The highest BCUT2D eigenvalue weighted by Gasteiger charge is 2.25. The van der Waals surface area contributed by atoms with Crippen LogP contribution in [0.25, 0.3) is 55.8 Å². The van der Waals surface area contributed by atoms with Crippen LogP contribution in [0.5, 0.6) is 0 Å². The van der Waals surface area contributed by atoms with Crippen LogP contribution in [0.1, 0.15) is 0 Å². The van der Waals surface area contributed by atoms with Gasteiger partial charge < -0.3 is 15.6 Å². The Kier molecular flexibility index (Phi) is 4.55. The van der Waals surface area contributed by atoms with Crippen LogP contribution in [-0.4, -0.2) is 54.2 Å². The zero-order chi connectivity index (χ0) is 24.2. The zero-order valence-electron chi connectivity index (χ0n) is 19.0. The minimum absolute atomic E-state index is 0.177. The molecule has 0 saturated carbocycles. The van der Waals surface area contributed by atoms with Gasteiger partial charge >= 0.3 is 0 Å². The monoisotopic (exact) mass is 477 g/mol. The SMILES string of the molecule is NC1CN(c2cncc(-c3cnc4n[nH]c(-c5cc6c(-c7ccc(F)cc7)ccnc6[nH]5)c4c3)n2)C1. The largest absolute Gasteiger partial charge is 0.352 e. The molecule has 0 aliphatic carbocycles. The smallest absolute Gasteiger partial charge is 0.181 e. The van der Waals surface area contributed by atoms with Gasteiger partial charge in [0.15, 0.2) is 5.65 Å². The third-order valence-corrected chi connectivity index (χ3v) is 6.52. The molecule has 0 amide bonds. The Balaban J connectivity index is 1.30. The second-order valence-corrected chi connectivity index (χ2v) is 8.93. The molecule has 4 N–H and O–H groups in total. The van der Waals surface area contributed by atoms with Crippen LogP contribution in [0.15, 0.2) is 67.3 Å². The molecule has 6 aromatic rings. The van der Waals surface area contributed by atoms with E-state index >= 15 is 0 Å². The Hall–Kier alpha value is -4.70. The molecular formula is C26H20FN9. The van der Waals surface area contributed by atoms with Crippen LogP contribution in [0.2, 0.25) is 0 Å². The standard InChI is InChI=1S/C26H20FN9/c27-16-3-1-14(2-4-16)18-5-6-30-25-19(18)8-21(33-25)24-20-7-15(9-31-26(20)35-34-24)22-10-29-11-23(32-22)36-12-17(28)13-36/h1-11,17H,12-13,28H2,(H,30,33)(H,31,34,35). The summed E-state index contributed by atoms with van der Waals surface area (Å²) in [7, 11) is 0. The first kappa shape index (κ1) is 20.7. The average Bonchev–Trinajstić information content (AvgIpc) is 3.51. The summed E-state index contributed by atoms with van der Waals surface area (Å²) in [4.78, 5) is 23.7. The number of nitrogens with one attached hydrogen (secondary N) is 2. The lowest BCUT2D eigenvalue weighted by molar-refractivity contribution is 0.514. The Morgan fingerprint density at radius 2 is 1.81 bits per heavy atom. The van der Waals surface area contributed by atoms with Gasteiger partial charge in [-0.25, -0.2) is 19.3 Å². The Morgan fingerprint density at radius 3 is 2.64 bits per heavy atom. The normalized spacial score (nSPS) is 14.0. The van der Waals surface area contributed by atoms with Crippen LogP contribution < -0.4 is 10.6 Å². The minimum atomic E-state index is -0.269. The highest BCUT2D eigenvalue weighted by Crippen LogP contribution is 2.34. The van der Waals surface area contributed by atoms with E-state index in [9.17, 15) is 4.39 Å². The lowest BCUT2D eigenvalue weighted by Crippen LogP contribution is -2.56. The average molecular weight is 478 g/mol. The molecule has 1 saturated heterocycles. The second-order valence-electron chi connectivity index (χ2n) is 8.93. The fraction of sp³-hybridized carbons (Fsp3) is 0.115. The van der Waals surface area contributed by atoms with Gasteiger partial charge in [-0.2, -0.15) is 5.10 Å². The number of nitrogens with zero attached hydrogens (tertiary/aromatic N) is 6. The molecule has 0 bridgehead atoms. The van der Waals surface area contributed by atoms with Gasteiger partial charge in [0, 0.05) is 47.9 Å². The van der Waals surface area contributed by atoms with Crippen molar-refractivity contribution in [2.24, 2.45) is 5.73 Å². The van der Waals surface area contributed by atoms with Gasteiger partial charge in [-0.1, -0.05) is 12.1 Å². The van der Waals surface area contributed by atoms with Gasteiger partial charge in [0.05, 0.1) is 29.5 Å². The number of aromatic amines is 2. The summed E-state index contributed by atoms with van der Waals surface area (Å²) in [6.45, 7) is 1.55. The quantitative estimate of drug-likeness (QED) is 0.351. The fourth-order valence-electron chi connectivity index (χ4n) is 4.63. The van der Waals surface area contributed by atoms with E-state index in [-0.39, 0.29) is 11.9 Å². The van der Waals surface area contributed by atoms with Crippen molar-refractivity contribution in [1.29, 1.82) is 0 Å². The topological polar surface area (TPSA) is 125 Å². The number of H-pyrrole nitrogens is 2. The van der Waals surface area contributed by atoms with Crippen molar-refractivity contribution >= 4 is 27.9 Å². The number of hydrogen-bond acceptors (Lipinski definition) is 7. The molecule has 176 valence electrons. The molecule has 0 spiro atoms. The number of rotatable bonds is 4. The first-order chi connectivity index (χ1) is 17.6. The van der Waals surface area contributed by atoms with Crippen molar-refractivity contribution < 1.29 is 4.39 Å². The van der Waals surface area contributed by atoms with Gasteiger partial charge in [0.2, 0.25) is 0 Å². The lowest BCUT2D eigenvalue weighted by Gasteiger charge is -2.37. The molecule has 0 atom stereocenters. The number of aromatic nitrogens is 7. The molecule has 1 aromatic carbocycles. The zero-order valence-corrected chi connectivity index (χ0v) is 19.0. The van der Waals surface area contributed by atoms with E-state index in [0.29, 0.717) is 5.65 Å². The molecule has 36 heavy (non-hydrogen) atoms. The molecule has 5 aromatic heterocycles. The molecule has 1 aliphatic heterocycles. The van der Waals surface area contributed by atoms with Crippen molar-refractivity contribution in [1.82, 2.24) is 35.1 Å². The number of halogens is 1. The van der Waals surface area contributed by atoms with Crippen LogP contribution in [0.4, 0.5) is 10.2 Å². The van der Waals surface area contributed by atoms with Gasteiger partial charge in [0.1, 0.15) is 17.3 Å². The third kappa shape index (κ3) is 3.38. The van der Waals surface area contributed by atoms with E-state index in [1.54, 1.807) is 36.9 Å². The molecule has 0 unspecified atom stereocenters. The van der Waals surface area contributed by atoms with Crippen LogP contribution in [0.3, 0.4) is 0 Å². The van der Waals surface area contributed by atoms with Crippen LogP contribution >= 0.6 is 0 Å². The lowest BCUT2D eigenvalue weighted by atomic mass is 10.0. The molecule has 9 nitrogen and oxygen atoms in total. The van der Waals surface area contributed by atoms with Gasteiger partial charge in [-0.05, 0) is 41.5 Å². The number of anilines is 1. The summed E-state index contributed by atoms with van der Waals surface area (Å²) < 4.78 is 13.5. The van der Waals surface area contributed by atoms with E-state index in [2.05, 4.69) is 35.0 Å². The van der Waals surface area contributed by atoms with E-state index in [1.807, 2.05) is 18.2 Å². The Morgan fingerprint density at radius 1 is 0.944 bits per heavy atom. The van der Waals surface area contributed by atoms with Crippen molar-refractivity contribution in [3.63, 3.8) is 0 Å². The van der Waals surface area contributed by atoms with E-state index in [0.717, 1.165) is 69.1 Å². The fourth-order valence-corrected chi connectivity index (χ4v) is 4.63. The molecule has 10 heteroatoms. The van der Waals surface area contributed by atoms with E-state index in [1.165, 1.54) is 12.1 Å². The van der Waals surface area contributed by atoms with E-state index < -0.39 is 0 Å². The molecule has 1 aliphatic rings. The van der Waals surface area contributed by atoms with Crippen molar-refractivity contribution in [2.45, 2.75) is 6.04 Å². The van der Waals surface area contributed by atoms with Crippen LogP contribution in [0, 0.1) is 5.82 Å². The minimum Gasteiger partial charge on any atom is -0.352 e. The first-order valence-corrected chi connectivity index (χ1v) is 11.5. The van der Waals surface area contributed by atoms with Gasteiger partial charge in [-0.3, -0.25) is 10.1 Å². The Labute approximate surface area is 204 Å². The predicted octanol–water partition coefficient (Wildman–Crippen LogP) is 3.91. The second kappa shape index (κ2) is 7.92. The molecule has 0 radical (unpaired) electrons. The maximum atomic E-state index is 13.5. The number of hydrogen-bond donors (Lipinski definition) is 3. The van der Waals surface area contributed by atoms with Crippen LogP contribution in [-0.2, 0) is 0 Å². The number of fused-ring (bicyclic) bond motifs is 2. The summed E-state index contributed by atoms with van der Waals surface area (Å²) in [6.07, 6.45) is 6.97. The summed E-state index contributed by atoms with van der Waals surface area (Å²) >= 11 is 0. The maximum absolute atomic E-state index is 13.5. The first-order valence-electron chi connectivity index (χ1n) is 11.5. The summed E-state index contributed by atoms with van der Waals surface area (Å²) in [5, 5.41) is 9.28. The molecule has 7 rings (SSSR count). The summed E-state index contributed by atoms with van der Waals surface area (Å²) in [5.74, 6) is 0.534. The number of benzene rings is 1. The highest BCUT2D eigenvalue weighted by molar-refractivity contribution is 5.99. The third-order valence-electron chi connectivity index (χ3n) is 6.52. The van der Waals surface area contributed by atoms with Crippen molar-refractivity contribution in [3.05, 3.63) is 73.1 Å². The molecule has 6 heterocycles. The number of pyridine rings is 2. The molecule has 1 fully saturated rings. The van der Waals surface area contributed by atoms with Gasteiger partial charge in [0.25, 0.3) is 0 Å². The van der Waals surface area contributed by atoms with Crippen molar-refractivity contribution in [3.8, 4) is 33.8 Å². The summed E-state index contributed by atoms with van der Waals surface area (Å²) in [6, 6.07) is 12.6. The van der Waals surface area contributed by atoms with Crippen molar-refractivity contribution in [2.75, 3.05) is 18.0 Å². The molecular weight excluding hydrogens is 457 g/mol. The highest BCUT2D eigenvalue weighted by atomic mass is 19.1. The Bertz CT molecular complexity index is 1730. The summed E-state index contributed by atoms with van der Waals surface area (Å²) in [5.41, 5.74) is 12.3.